The highest BCUT2D eigenvalue weighted by Gasteiger charge is 2.35. The number of methoxy groups -OCH3 is 1. The minimum absolute atomic E-state index is 0.174. The normalized spacial score (nSPS) is 21.0. The number of likely N-dealkylation sites (N-methyl/N-ethyl adjacent to an activating group) is 1. The van der Waals surface area contributed by atoms with E-state index in [0.717, 1.165) is 24.1 Å². The molecule has 1 N–H and O–H groups in total. The Morgan fingerprint density at radius 2 is 2.30 bits per heavy atom. The number of rotatable bonds is 2. The van der Waals surface area contributed by atoms with Gasteiger partial charge < -0.3 is 23.8 Å². The van der Waals surface area contributed by atoms with Gasteiger partial charge in [0.05, 0.1) is 32.9 Å². The van der Waals surface area contributed by atoms with Crippen molar-refractivity contribution in [3.63, 3.8) is 0 Å². The molecule has 23 heavy (non-hydrogen) atoms. The Labute approximate surface area is 135 Å². The molecule has 2 aliphatic rings. The van der Waals surface area contributed by atoms with Crippen molar-refractivity contribution in [2.45, 2.75) is 19.4 Å². The second-order valence-electron chi connectivity index (χ2n) is 5.49. The van der Waals surface area contributed by atoms with E-state index in [2.05, 4.69) is 18.9 Å². The van der Waals surface area contributed by atoms with E-state index in [0.29, 0.717) is 23.9 Å². The Hall–Kier alpha value is -2.39. The fraction of sp³-hybridized carbons (Fsp3) is 0.471. The Kier molecular flexibility index (Phi) is 4.30. The predicted molar refractivity (Wildman–Crippen MR) is 81.7 cm³/mol. The minimum Gasteiger partial charge on any atom is -0.492 e. The van der Waals surface area contributed by atoms with Crippen LogP contribution in [0.15, 0.2) is 6.07 Å². The van der Waals surface area contributed by atoms with Gasteiger partial charge in [-0.15, -0.1) is 0 Å². The third-order valence-electron chi connectivity index (χ3n) is 4.11. The van der Waals surface area contributed by atoms with Crippen LogP contribution in [-0.4, -0.2) is 40.1 Å². The van der Waals surface area contributed by atoms with Crippen LogP contribution in [0.5, 0.6) is 17.2 Å². The van der Waals surface area contributed by atoms with Gasteiger partial charge >= 0.3 is 5.97 Å². The van der Waals surface area contributed by atoms with E-state index in [-0.39, 0.29) is 12.8 Å². The zero-order valence-electron chi connectivity index (χ0n) is 13.5. The van der Waals surface area contributed by atoms with E-state index in [1.807, 2.05) is 6.07 Å². The molecule has 0 aromatic heterocycles. The van der Waals surface area contributed by atoms with E-state index >= 15 is 0 Å². The van der Waals surface area contributed by atoms with Gasteiger partial charge in [-0.3, -0.25) is 0 Å². The molecule has 1 aromatic rings. The fourth-order valence-electron chi connectivity index (χ4n) is 3.02. The molecule has 0 aliphatic carbocycles. The van der Waals surface area contributed by atoms with E-state index in [1.54, 1.807) is 14.0 Å². The predicted octanol–water partition coefficient (Wildman–Crippen LogP) is 0.102. The maximum Gasteiger partial charge on any atom is 0.384 e. The standard InChI is InChI=1S/C17H19NO5/c1-4-21-14(19)6-5-12-15-11(7-8-18(12)2)9-13-16(17(15)20-3)23-10-22-13/h9,12H,4,7-8,10H2,1-3H3/p+1/t12-/m0/s1. The van der Waals surface area contributed by atoms with Crippen LogP contribution in [-0.2, 0) is 16.0 Å². The fourth-order valence-corrected chi connectivity index (χ4v) is 3.02. The van der Waals surface area contributed by atoms with Crippen LogP contribution in [0.25, 0.3) is 0 Å². The molecule has 0 saturated carbocycles. The van der Waals surface area contributed by atoms with Crippen molar-refractivity contribution in [1.29, 1.82) is 0 Å². The molecule has 2 aliphatic heterocycles. The molecule has 0 amide bonds. The molecule has 122 valence electrons. The number of hydrogen-bond donors (Lipinski definition) is 1. The monoisotopic (exact) mass is 318 g/mol. The Balaban J connectivity index is 2.05. The van der Waals surface area contributed by atoms with Gasteiger partial charge in [-0.2, -0.15) is 0 Å². The largest absolute Gasteiger partial charge is 0.492 e. The van der Waals surface area contributed by atoms with Crippen molar-refractivity contribution >= 4 is 5.97 Å². The van der Waals surface area contributed by atoms with Crippen LogP contribution in [0, 0.1) is 11.8 Å². The summed E-state index contributed by atoms with van der Waals surface area (Å²) in [5.74, 6) is 7.09. The van der Waals surface area contributed by atoms with Gasteiger partial charge in [0.1, 0.15) is 0 Å². The third kappa shape index (κ3) is 2.80. The smallest absolute Gasteiger partial charge is 0.384 e. The first-order chi connectivity index (χ1) is 11.2. The van der Waals surface area contributed by atoms with Gasteiger partial charge in [0.2, 0.25) is 12.5 Å². The first kappa shape index (κ1) is 15.5. The zero-order chi connectivity index (χ0) is 16.4. The van der Waals surface area contributed by atoms with Crippen LogP contribution in [0.1, 0.15) is 24.1 Å². The summed E-state index contributed by atoms with van der Waals surface area (Å²) in [6, 6.07) is 1.82. The molecule has 2 heterocycles. The molecule has 0 radical (unpaired) electrons. The highest BCUT2D eigenvalue weighted by atomic mass is 16.7. The molecule has 6 nitrogen and oxygen atoms in total. The first-order valence-electron chi connectivity index (χ1n) is 7.65. The number of benzene rings is 1. The van der Waals surface area contributed by atoms with Crippen LogP contribution < -0.4 is 19.1 Å². The molecule has 2 atom stereocenters. The minimum atomic E-state index is -0.507. The molecule has 1 unspecified atom stereocenters. The van der Waals surface area contributed by atoms with Gasteiger partial charge in [0, 0.05) is 12.3 Å². The van der Waals surface area contributed by atoms with E-state index in [1.165, 1.54) is 4.90 Å². The maximum absolute atomic E-state index is 11.6. The molecular weight excluding hydrogens is 298 g/mol. The number of nitrogens with one attached hydrogen (secondary N) is 1. The summed E-state index contributed by atoms with van der Waals surface area (Å²) in [7, 11) is 3.66. The van der Waals surface area contributed by atoms with E-state index < -0.39 is 5.97 Å². The molecule has 0 fully saturated rings. The highest BCUT2D eigenvalue weighted by molar-refractivity contribution is 5.88. The van der Waals surface area contributed by atoms with E-state index in [4.69, 9.17) is 18.9 Å². The van der Waals surface area contributed by atoms with Crippen LogP contribution in [0.2, 0.25) is 0 Å². The number of ether oxygens (including phenoxy) is 4. The van der Waals surface area contributed by atoms with Crippen LogP contribution in [0.4, 0.5) is 0 Å². The van der Waals surface area contributed by atoms with E-state index in [9.17, 15) is 4.79 Å². The van der Waals surface area contributed by atoms with Crippen molar-refractivity contribution in [2.24, 2.45) is 0 Å². The molecule has 3 rings (SSSR count). The van der Waals surface area contributed by atoms with Gasteiger partial charge in [0.15, 0.2) is 17.5 Å². The molecule has 6 heteroatoms. The summed E-state index contributed by atoms with van der Waals surface area (Å²) < 4.78 is 21.5. The van der Waals surface area contributed by atoms with Crippen molar-refractivity contribution in [2.75, 3.05) is 34.1 Å². The molecule has 0 spiro atoms. The lowest BCUT2D eigenvalue weighted by molar-refractivity contribution is -0.905. The topological polar surface area (TPSA) is 58.4 Å². The summed E-state index contributed by atoms with van der Waals surface area (Å²) in [6.07, 6.45) is 0.895. The van der Waals surface area contributed by atoms with Crippen molar-refractivity contribution in [3.05, 3.63) is 17.2 Å². The average molecular weight is 318 g/mol. The van der Waals surface area contributed by atoms with Crippen molar-refractivity contribution in [1.82, 2.24) is 0 Å². The maximum atomic E-state index is 11.6. The quantitative estimate of drug-likeness (QED) is 0.476. The lowest BCUT2D eigenvalue weighted by Gasteiger charge is -2.29. The van der Waals surface area contributed by atoms with Crippen molar-refractivity contribution < 1.29 is 28.6 Å². The summed E-state index contributed by atoms with van der Waals surface area (Å²) in [4.78, 5) is 12.8. The number of quaternary nitrogens is 1. The van der Waals surface area contributed by atoms with Gasteiger partial charge in [-0.25, -0.2) is 4.79 Å². The number of fused-ring (bicyclic) bond motifs is 2. The highest BCUT2D eigenvalue weighted by Crippen LogP contribution is 2.47. The lowest BCUT2D eigenvalue weighted by atomic mass is 9.91. The summed E-state index contributed by atoms with van der Waals surface area (Å²) in [5.41, 5.74) is 2.09. The molecule has 0 bridgehead atoms. The Morgan fingerprint density at radius 3 is 3.04 bits per heavy atom. The second-order valence-corrected chi connectivity index (χ2v) is 5.49. The molecular formula is C17H20NO5+. The average Bonchev–Trinajstić information content (AvgIpc) is 3.00. The lowest BCUT2D eigenvalue weighted by Crippen LogP contribution is -3.10. The van der Waals surface area contributed by atoms with Gasteiger partial charge in [0.25, 0.3) is 0 Å². The number of hydrogen-bond acceptors (Lipinski definition) is 5. The SMILES string of the molecule is CCOC(=O)C#C[C@H]1c2c(cc3c(c2OC)OCO3)CC[NH+]1C. The Morgan fingerprint density at radius 1 is 1.48 bits per heavy atom. The second kappa shape index (κ2) is 6.39. The summed E-state index contributed by atoms with van der Waals surface area (Å²) in [6.45, 7) is 3.18. The van der Waals surface area contributed by atoms with Crippen molar-refractivity contribution in [3.8, 4) is 29.1 Å². The van der Waals surface area contributed by atoms with Gasteiger partial charge in [-0.05, 0) is 24.5 Å². The molecule has 1 aromatic carbocycles. The zero-order valence-corrected chi connectivity index (χ0v) is 13.5. The van der Waals surface area contributed by atoms with Crippen LogP contribution in [0.3, 0.4) is 0 Å². The number of esters is 1. The number of carbonyl (C=O) groups excluding carboxylic acids is 1. The third-order valence-corrected chi connectivity index (χ3v) is 4.11. The van der Waals surface area contributed by atoms with Crippen LogP contribution >= 0.6 is 0 Å². The number of carbonyl (C=O) groups is 1. The first-order valence-corrected chi connectivity index (χ1v) is 7.65. The summed E-state index contributed by atoms with van der Waals surface area (Å²) >= 11 is 0. The Bertz CT molecular complexity index is 688. The van der Waals surface area contributed by atoms with Gasteiger partial charge in [-0.1, -0.05) is 0 Å². The summed E-state index contributed by atoms with van der Waals surface area (Å²) in [5, 5.41) is 0. The molecule has 0 saturated heterocycles.